The number of nitrogens with one attached hydrogen (secondary N) is 1. The first-order chi connectivity index (χ1) is 7.78. The first-order valence-electron chi connectivity index (χ1n) is 4.52. The lowest BCUT2D eigenvalue weighted by Gasteiger charge is -1.91. The molecule has 0 amide bonds. The van der Waals surface area contributed by atoms with Crippen molar-refractivity contribution >= 4 is 18.2 Å². The molecule has 0 aliphatic rings. The van der Waals surface area contributed by atoms with E-state index in [4.69, 9.17) is 10.3 Å². The van der Waals surface area contributed by atoms with Crippen molar-refractivity contribution < 1.29 is 8.81 Å². The monoisotopic (exact) mass is 220 g/mol. The van der Waals surface area contributed by atoms with Gasteiger partial charge in [0.15, 0.2) is 0 Å². The molecule has 0 unspecified atom stereocenters. The van der Waals surface area contributed by atoms with Crippen LogP contribution in [0.4, 0.5) is 10.4 Å². The largest absolute Gasteiger partial charge is 0.403 e. The summed E-state index contributed by atoms with van der Waals surface area (Å²) in [6.45, 7) is 0. The average Bonchev–Trinajstić information content (AvgIpc) is 2.76. The van der Waals surface area contributed by atoms with E-state index in [1.807, 2.05) is 0 Å². The molecule has 0 saturated heterocycles. The molecular weight excluding hydrogens is 211 g/mol. The predicted molar refractivity (Wildman–Crippen MR) is 57.4 cm³/mol. The van der Waals surface area contributed by atoms with E-state index < -0.39 is 0 Å². The first-order valence-corrected chi connectivity index (χ1v) is 4.52. The molecule has 1 heterocycles. The topological polar surface area (TPSA) is 77.0 Å². The van der Waals surface area contributed by atoms with Crippen LogP contribution in [-0.2, 0) is 0 Å². The first kappa shape index (κ1) is 10.3. The number of rotatable bonds is 3. The minimum absolute atomic E-state index is 0.138. The Morgan fingerprint density at radius 2 is 1.94 bits per heavy atom. The molecule has 1 aromatic heterocycles. The molecule has 0 atom stereocenters. The van der Waals surface area contributed by atoms with Crippen molar-refractivity contribution in [3.63, 3.8) is 0 Å². The minimum atomic E-state index is -0.274. The van der Waals surface area contributed by atoms with Crippen LogP contribution in [0, 0.1) is 5.82 Å². The van der Waals surface area contributed by atoms with Gasteiger partial charge in [0.2, 0.25) is 5.89 Å². The van der Waals surface area contributed by atoms with Gasteiger partial charge in [-0.2, -0.15) is 0 Å². The fourth-order valence-electron chi connectivity index (χ4n) is 1.10. The van der Waals surface area contributed by atoms with Gasteiger partial charge >= 0.3 is 6.01 Å². The zero-order chi connectivity index (χ0) is 11.4. The standard InChI is InChI=1S/C10H9FN4O/c11-8-4-1-7(2-5-8)3-6-9-14-15-10(13-12)16-9/h1-6H,12H2,(H,13,15)/b6-3+. The lowest BCUT2D eigenvalue weighted by Crippen LogP contribution is -2.06. The second-order valence-electron chi connectivity index (χ2n) is 2.97. The second kappa shape index (κ2) is 4.54. The Labute approximate surface area is 90.8 Å². The molecule has 0 aliphatic carbocycles. The van der Waals surface area contributed by atoms with Gasteiger partial charge < -0.3 is 4.42 Å². The SMILES string of the molecule is NNc1nnc(/C=C/c2ccc(F)cc2)o1. The Morgan fingerprint density at radius 3 is 2.56 bits per heavy atom. The zero-order valence-corrected chi connectivity index (χ0v) is 8.22. The molecule has 0 saturated carbocycles. The van der Waals surface area contributed by atoms with Gasteiger partial charge in [0, 0.05) is 6.08 Å². The van der Waals surface area contributed by atoms with E-state index in [9.17, 15) is 4.39 Å². The van der Waals surface area contributed by atoms with Crippen LogP contribution in [0.15, 0.2) is 28.7 Å². The second-order valence-corrected chi connectivity index (χ2v) is 2.97. The Morgan fingerprint density at radius 1 is 1.19 bits per heavy atom. The highest BCUT2D eigenvalue weighted by atomic mass is 19.1. The van der Waals surface area contributed by atoms with E-state index in [-0.39, 0.29) is 11.8 Å². The highest BCUT2D eigenvalue weighted by molar-refractivity contribution is 5.65. The number of aromatic nitrogens is 2. The van der Waals surface area contributed by atoms with Crippen molar-refractivity contribution in [3.05, 3.63) is 41.5 Å². The summed E-state index contributed by atoms with van der Waals surface area (Å²) in [7, 11) is 0. The molecule has 82 valence electrons. The Balaban J connectivity index is 2.11. The van der Waals surface area contributed by atoms with Crippen LogP contribution in [-0.4, -0.2) is 10.2 Å². The summed E-state index contributed by atoms with van der Waals surface area (Å²) >= 11 is 0. The van der Waals surface area contributed by atoms with E-state index in [0.717, 1.165) is 5.56 Å². The van der Waals surface area contributed by atoms with E-state index in [0.29, 0.717) is 5.89 Å². The molecule has 2 rings (SSSR count). The number of halogens is 1. The maximum absolute atomic E-state index is 12.6. The van der Waals surface area contributed by atoms with Crippen LogP contribution in [0.25, 0.3) is 12.2 Å². The van der Waals surface area contributed by atoms with Gasteiger partial charge in [0.05, 0.1) is 0 Å². The smallest absolute Gasteiger partial charge is 0.330 e. The highest BCUT2D eigenvalue weighted by Gasteiger charge is 1.99. The molecule has 0 fully saturated rings. The quantitative estimate of drug-likeness (QED) is 0.607. The van der Waals surface area contributed by atoms with Gasteiger partial charge in [-0.15, -0.1) is 5.10 Å². The Bertz CT molecular complexity index is 492. The van der Waals surface area contributed by atoms with Gasteiger partial charge in [0.1, 0.15) is 5.82 Å². The number of hydrogen-bond acceptors (Lipinski definition) is 5. The molecule has 16 heavy (non-hydrogen) atoms. The van der Waals surface area contributed by atoms with Gasteiger partial charge in [-0.3, -0.25) is 5.43 Å². The molecule has 0 spiro atoms. The van der Waals surface area contributed by atoms with E-state index >= 15 is 0 Å². The molecule has 5 nitrogen and oxygen atoms in total. The van der Waals surface area contributed by atoms with Gasteiger partial charge in [-0.05, 0) is 23.8 Å². The van der Waals surface area contributed by atoms with Crippen molar-refractivity contribution in [2.45, 2.75) is 0 Å². The fraction of sp³-hybridized carbons (Fsp3) is 0. The van der Waals surface area contributed by atoms with Crippen molar-refractivity contribution in [1.29, 1.82) is 0 Å². The molecule has 0 bridgehead atoms. The normalized spacial score (nSPS) is 10.9. The third-order valence-electron chi connectivity index (χ3n) is 1.85. The van der Waals surface area contributed by atoms with Crippen LogP contribution >= 0.6 is 0 Å². The van der Waals surface area contributed by atoms with Crippen LogP contribution in [0.1, 0.15) is 11.5 Å². The fourth-order valence-corrected chi connectivity index (χ4v) is 1.10. The third-order valence-corrected chi connectivity index (χ3v) is 1.85. The van der Waals surface area contributed by atoms with E-state index in [1.54, 1.807) is 24.3 Å². The van der Waals surface area contributed by atoms with Crippen LogP contribution < -0.4 is 11.3 Å². The molecule has 3 N–H and O–H groups in total. The average molecular weight is 220 g/mol. The number of nitrogen functional groups attached to an aromatic ring is 1. The van der Waals surface area contributed by atoms with Crippen molar-refractivity contribution in [3.8, 4) is 0 Å². The number of hydrazine groups is 1. The summed E-state index contributed by atoms with van der Waals surface area (Å²) in [5.74, 6) is 5.12. The summed E-state index contributed by atoms with van der Waals surface area (Å²) in [5, 5.41) is 7.30. The highest BCUT2D eigenvalue weighted by Crippen LogP contribution is 2.09. The van der Waals surface area contributed by atoms with E-state index in [1.165, 1.54) is 12.1 Å². The lowest BCUT2D eigenvalue weighted by molar-refractivity contribution is 0.556. The number of nitrogens with two attached hydrogens (primary N) is 1. The molecular formula is C10H9FN4O. The number of nitrogens with zero attached hydrogens (tertiary/aromatic N) is 2. The summed E-state index contributed by atoms with van der Waals surface area (Å²) in [6.07, 6.45) is 3.34. The Kier molecular flexibility index (Phi) is 2.93. The maximum Gasteiger partial charge on any atom is 0.330 e. The van der Waals surface area contributed by atoms with Gasteiger partial charge in [0.25, 0.3) is 0 Å². The van der Waals surface area contributed by atoms with E-state index in [2.05, 4.69) is 15.6 Å². The molecule has 6 heteroatoms. The molecule has 0 aliphatic heterocycles. The summed E-state index contributed by atoms with van der Waals surface area (Å²) < 4.78 is 17.7. The zero-order valence-electron chi connectivity index (χ0n) is 8.22. The lowest BCUT2D eigenvalue weighted by atomic mass is 10.2. The number of benzene rings is 1. The Hall–Kier alpha value is -2.21. The van der Waals surface area contributed by atoms with Crippen LogP contribution in [0.3, 0.4) is 0 Å². The summed E-state index contributed by atoms with van der Waals surface area (Å²) in [4.78, 5) is 0. The van der Waals surface area contributed by atoms with Crippen LogP contribution in [0.5, 0.6) is 0 Å². The molecule has 0 radical (unpaired) electrons. The van der Waals surface area contributed by atoms with Gasteiger partial charge in [-0.25, -0.2) is 10.2 Å². The predicted octanol–water partition coefficient (Wildman–Crippen LogP) is 1.66. The van der Waals surface area contributed by atoms with Crippen molar-refractivity contribution in [2.24, 2.45) is 5.84 Å². The summed E-state index contributed by atoms with van der Waals surface area (Å²) in [6, 6.07) is 6.17. The molecule has 2 aromatic rings. The van der Waals surface area contributed by atoms with Gasteiger partial charge in [-0.1, -0.05) is 17.2 Å². The number of anilines is 1. The third kappa shape index (κ3) is 2.43. The minimum Gasteiger partial charge on any atom is -0.403 e. The van der Waals surface area contributed by atoms with Crippen LogP contribution in [0.2, 0.25) is 0 Å². The molecule has 1 aromatic carbocycles. The number of hydrogen-bond donors (Lipinski definition) is 2. The van der Waals surface area contributed by atoms with Crippen molar-refractivity contribution in [2.75, 3.05) is 5.43 Å². The summed E-state index contributed by atoms with van der Waals surface area (Å²) in [5.41, 5.74) is 3.06. The maximum atomic E-state index is 12.6. The van der Waals surface area contributed by atoms with Crippen molar-refractivity contribution in [1.82, 2.24) is 10.2 Å².